The summed E-state index contributed by atoms with van der Waals surface area (Å²) in [4.78, 5) is 15.3. The van der Waals surface area contributed by atoms with E-state index in [0.717, 1.165) is 88.0 Å². The summed E-state index contributed by atoms with van der Waals surface area (Å²) in [6.07, 6.45) is 10.3. The molecule has 0 unspecified atom stereocenters. The summed E-state index contributed by atoms with van der Waals surface area (Å²) in [6, 6.07) is 0. The van der Waals surface area contributed by atoms with Crippen LogP contribution < -0.4 is 5.32 Å². The number of allylic oxidation sites excluding steroid dienone is 12. The maximum Gasteiger partial charge on any atom is 0.106 e. The van der Waals surface area contributed by atoms with Gasteiger partial charge in [-0.2, -0.15) is 0 Å². The van der Waals surface area contributed by atoms with Gasteiger partial charge in [0.25, 0.3) is 0 Å². The van der Waals surface area contributed by atoms with Crippen molar-refractivity contribution in [2.45, 2.75) is 73.6 Å². The van der Waals surface area contributed by atoms with E-state index in [1.807, 2.05) is 0 Å². The molecule has 0 saturated carbocycles. The maximum absolute atomic E-state index is 11.1. The smallest absolute Gasteiger partial charge is 0.106 e. The van der Waals surface area contributed by atoms with Gasteiger partial charge in [0, 0.05) is 47.4 Å². The van der Waals surface area contributed by atoms with E-state index >= 15 is 0 Å². The summed E-state index contributed by atoms with van der Waals surface area (Å²) < 4.78 is 0. The van der Waals surface area contributed by atoms with E-state index in [0.29, 0.717) is 12.2 Å². The van der Waals surface area contributed by atoms with Crippen molar-refractivity contribution in [2.75, 3.05) is 6.61 Å². The summed E-state index contributed by atoms with van der Waals surface area (Å²) >= 11 is 0. The van der Waals surface area contributed by atoms with E-state index in [1.165, 1.54) is 22.3 Å². The van der Waals surface area contributed by atoms with Crippen LogP contribution in [0.25, 0.3) is 0 Å². The van der Waals surface area contributed by atoms with Crippen LogP contribution in [0.15, 0.2) is 106 Å². The average Bonchev–Trinajstić information content (AvgIpc) is 3.65. The van der Waals surface area contributed by atoms with Gasteiger partial charge in [-0.25, -0.2) is 15.0 Å². The third kappa shape index (κ3) is 3.91. The summed E-state index contributed by atoms with van der Waals surface area (Å²) in [5.41, 5.74) is 15.7. The number of rotatable bonds is 5. The highest BCUT2D eigenvalue weighted by Crippen LogP contribution is 2.46. The average molecular weight is 523 g/mol. The minimum Gasteiger partial charge on any atom is -0.511 e. The third-order valence-electron chi connectivity index (χ3n) is 9.21. The van der Waals surface area contributed by atoms with Crippen molar-refractivity contribution in [3.05, 3.63) is 91.5 Å². The highest BCUT2D eigenvalue weighted by molar-refractivity contribution is 6.21. The molecule has 1 saturated heterocycles. The summed E-state index contributed by atoms with van der Waals surface area (Å²) in [7, 11) is 0. The van der Waals surface area contributed by atoms with E-state index in [1.54, 1.807) is 0 Å². The van der Waals surface area contributed by atoms with Crippen molar-refractivity contribution in [1.82, 2.24) is 5.32 Å². The first kappa shape index (κ1) is 25.8. The van der Waals surface area contributed by atoms with Crippen LogP contribution in [0.1, 0.15) is 73.6 Å². The molecule has 0 radical (unpaired) electrons. The molecular weight excluding hydrogens is 484 g/mol. The van der Waals surface area contributed by atoms with Crippen LogP contribution in [-0.4, -0.2) is 34.0 Å². The van der Waals surface area contributed by atoms with Gasteiger partial charge >= 0.3 is 0 Å². The largest absolute Gasteiger partial charge is 0.511 e. The second-order valence-corrected chi connectivity index (χ2v) is 11.3. The number of nitrogens with zero attached hydrogens (tertiary/aromatic N) is 3. The van der Waals surface area contributed by atoms with Crippen molar-refractivity contribution in [1.29, 1.82) is 0 Å². The second kappa shape index (κ2) is 9.60. The molecule has 0 amide bonds. The molecule has 6 aliphatic rings. The molecule has 5 aliphatic heterocycles. The van der Waals surface area contributed by atoms with Crippen molar-refractivity contribution >= 4 is 17.1 Å². The van der Waals surface area contributed by atoms with Gasteiger partial charge in [-0.3, -0.25) is 0 Å². The number of hydrogen-bond acceptors (Lipinski definition) is 6. The van der Waals surface area contributed by atoms with Gasteiger partial charge in [-0.1, -0.05) is 20.8 Å². The van der Waals surface area contributed by atoms with Crippen LogP contribution >= 0.6 is 0 Å². The number of hydrogen-bond donors (Lipinski definition) is 3. The van der Waals surface area contributed by atoms with Crippen LogP contribution in [0.5, 0.6) is 0 Å². The van der Waals surface area contributed by atoms with E-state index in [-0.39, 0.29) is 18.4 Å². The lowest BCUT2D eigenvalue weighted by atomic mass is 9.86. The molecule has 0 aromatic heterocycles. The fourth-order valence-electron chi connectivity index (χ4n) is 6.92. The molecule has 0 aromatic rings. The fraction of sp³-hybridized carbons (Fsp3) is 0.424. The van der Waals surface area contributed by atoms with Gasteiger partial charge in [0.2, 0.25) is 0 Å². The molecule has 202 valence electrons. The molecule has 6 nitrogen and oxygen atoms in total. The van der Waals surface area contributed by atoms with Crippen LogP contribution in [0.4, 0.5) is 0 Å². The Kier molecular flexibility index (Phi) is 6.34. The molecular formula is C33H38N4O2. The van der Waals surface area contributed by atoms with E-state index < -0.39 is 0 Å². The number of fused-ring (bicyclic) bond motifs is 5. The molecule has 5 heterocycles. The predicted molar refractivity (Wildman–Crippen MR) is 159 cm³/mol. The van der Waals surface area contributed by atoms with Gasteiger partial charge in [0.1, 0.15) is 5.76 Å². The lowest BCUT2D eigenvalue weighted by molar-refractivity contribution is 0.271. The Morgan fingerprint density at radius 3 is 2.18 bits per heavy atom. The van der Waals surface area contributed by atoms with Crippen LogP contribution in [0.2, 0.25) is 0 Å². The fourth-order valence-corrected chi connectivity index (χ4v) is 6.92. The number of aliphatic hydroxyl groups excluding tert-OH is 2. The lowest BCUT2D eigenvalue weighted by Gasteiger charge is -2.17. The van der Waals surface area contributed by atoms with Crippen molar-refractivity contribution < 1.29 is 10.2 Å². The quantitative estimate of drug-likeness (QED) is 0.369. The molecule has 0 spiro atoms. The minimum atomic E-state index is 0.163. The van der Waals surface area contributed by atoms with E-state index in [9.17, 15) is 10.2 Å². The minimum absolute atomic E-state index is 0.163. The zero-order valence-corrected chi connectivity index (χ0v) is 23.9. The van der Waals surface area contributed by atoms with Gasteiger partial charge in [0.05, 0.1) is 34.2 Å². The highest BCUT2D eigenvalue weighted by Gasteiger charge is 2.41. The predicted octanol–water partition coefficient (Wildman–Crippen LogP) is 6.84. The van der Waals surface area contributed by atoms with Gasteiger partial charge < -0.3 is 15.5 Å². The van der Waals surface area contributed by atoms with E-state index in [2.05, 4.69) is 65.1 Å². The first-order valence-electron chi connectivity index (χ1n) is 14.3. The monoisotopic (exact) mass is 522 g/mol. The Labute approximate surface area is 231 Å². The molecule has 6 rings (SSSR count). The van der Waals surface area contributed by atoms with Crippen molar-refractivity contribution in [2.24, 2.45) is 26.8 Å². The number of aliphatic imine (C=N–C) groups is 3. The zero-order chi connectivity index (χ0) is 27.6. The Balaban J connectivity index is 1.62. The third-order valence-corrected chi connectivity index (χ3v) is 9.21. The molecule has 8 bridgehead atoms. The number of nitrogens with one attached hydrogen (secondary N) is 1. The second-order valence-electron chi connectivity index (χ2n) is 11.3. The van der Waals surface area contributed by atoms with Crippen molar-refractivity contribution in [3.8, 4) is 0 Å². The molecule has 2 atom stereocenters. The molecule has 1 fully saturated rings. The molecule has 39 heavy (non-hydrogen) atoms. The zero-order valence-electron chi connectivity index (χ0n) is 23.9. The van der Waals surface area contributed by atoms with E-state index in [4.69, 9.17) is 15.0 Å². The highest BCUT2D eigenvalue weighted by atomic mass is 16.3. The summed E-state index contributed by atoms with van der Waals surface area (Å²) in [6.45, 7) is 13.1. The van der Waals surface area contributed by atoms with Crippen molar-refractivity contribution in [3.63, 3.8) is 0 Å². The topological polar surface area (TPSA) is 89.6 Å². The SMILES string of the molecule is CCC1=C(C)C2=NC1=CC1=C(C)C3=C(O)CC(=C4NC(=CC5=NC(=C2)C(CC)=C5C)[C@@H](C)[C@@H]4CCCO)C3=N1. The maximum atomic E-state index is 11.1. The van der Waals surface area contributed by atoms with Gasteiger partial charge in [-0.05, 0) is 92.5 Å². The van der Waals surface area contributed by atoms with Crippen LogP contribution in [-0.2, 0) is 0 Å². The molecule has 3 N–H and O–H groups in total. The normalized spacial score (nSPS) is 25.9. The lowest BCUT2D eigenvalue weighted by Crippen LogP contribution is -2.15. The van der Waals surface area contributed by atoms with Gasteiger partial charge in [-0.15, -0.1) is 0 Å². The summed E-state index contributed by atoms with van der Waals surface area (Å²) in [5, 5.41) is 24.6. The van der Waals surface area contributed by atoms with Crippen LogP contribution in [0.3, 0.4) is 0 Å². The standard InChI is InChI=1S/C33H38N4O2/c1-7-20-16(3)24-13-26-18(5)22(10-9-11-38)32(36-26)23-12-30(39)31-19(6)27(37-33(23)31)15-29-21(8-2)17(4)25(35-29)14-28(20)34-24/h13-15,18,22,36,38-39H,7-12H2,1-6H3/t18-,22-/m0/s1. The summed E-state index contributed by atoms with van der Waals surface area (Å²) in [5.74, 6) is 0.815. The first-order chi connectivity index (χ1) is 18.8. The molecule has 6 heteroatoms. The Bertz CT molecular complexity index is 1540. The van der Waals surface area contributed by atoms with Gasteiger partial charge in [0.15, 0.2) is 0 Å². The molecule has 1 aliphatic carbocycles. The first-order valence-corrected chi connectivity index (χ1v) is 14.3. The molecule has 0 aromatic carbocycles. The Hall–Kier alpha value is -3.51. The number of aliphatic hydroxyl groups is 2. The Morgan fingerprint density at radius 1 is 0.897 bits per heavy atom. The van der Waals surface area contributed by atoms with Crippen LogP contribution in [0, 0.1) is 11.8 Å². The Morgan fingerprint density at radius 2 is 1.54 bits per heavy atom.